The lowest BCUT2D eigenvalue weighted by Crippen LogP contribution is -2.29. The van der Waals surface area contributed by atoms with Crippen molar-refractivity contribution in [2.75, 3.05) is 6.54 Å². The van der Waals surface area contributed by atoms with Crippen LogP contribution in [0.1, 0.15) is 35.2 Å². The first kappa shape index (κ1) is 19.1. The molecule has 1 aromatic heterocycles. The van der Waals surface area contributed by atoms with E-state index in [9.17, 15) is 23.4 Å². The predicted octanol–water partition coefficient (Wildman–Crippen LogP) is 4.41. The molecule has 27 heavy (non-hydrogen) atoms. The number of halogens is 3. The maximum Gasteiger partial charge on any atom is 0.417 e. The van der Waals surface area contributed by atoms with Crippen molar-refractivity contribution in [2.45, 2.75) is 38.4 Å². The van der Waals surface area contributed by atoms with E-state index in [0.717, 1.165) is 48.5 Å². The normalized spacial score (nSPS) is 14.1. The van der Waals surface area contributed by atoms with Crippen LogP contribution in [0.5, 0.6) is 11.5 Å². The standard InChI is InChI=1S/C20H21F3N2O2/c1-13(3-2-4-17-6-5-16(11-24-17)20(21,22)23)25-8-7-14-9-18(26)19(27)10-15(14)12-25/h5-6,9-11,26-27H,1-4,7-8,12H2. The smallest absolute Gasteiger partial charge is 0.417 e. The monoisotopic (exact) mass is 378 g/mol. The molecule has 0 spiro atoms. The Morgan fingerprint density at radius 3 is 2.48 bits per heavy atom. The van der Waals surface area contributed by atoms with Crippen molar-refractivity contribution in [3.63, 3.8) is 0 Å². The van der Waals surface area contributed by atoms with E-state index in [1.807, 2.05) is 0 Å². The zero-order chi connectivity index (χ0) is 19.6. The number of allylic oxidation sites excluding steroid dienone is 1. The van der Waals surface area contributed by atoms with Crippen LogP contribution >= 0.6 is 0 Å². The Morgan fingerprint density at radius 1 is 1.15 bits per heavy atom. The molecule has 4 nitrogen and oxygen atoms in total. The van der Waals surface area contributed by atoms with Gasteiger partial charge in [-0.15, -0.1) is 0 Å². The zero-order valence-electron chi connectivity index (χ0n) is 14.8. The number of pyridine rings is 1. The van der Waals surface area contributed by atoms with Gasteiger partial charge in [0, 0.05) is 30.7 Å². The molecule has 2 heterocycles. The highest BCUT2D eigenvalue weighted by atomic mass is 19.4. The van der Waals surface area contributed by atoms with Crippen molar-refractivity contribution in [1.29, 1.82) is 0 Å². The summed E-state index contributed by atoms with van der Waals surface area (Å²) in [6.07, 6.45) is -0.717. The highest BCUT2D eigenvalue weighted by Gasteiger charge is 2.30. The lowest BCUT2D eigenvalue weighted by Gasteiger charge is -2.32. The summed E-state index contributed by atoms with van der Waals surface area (Å²) in [5, 5.41) is 19.3. The van der Waals surface area contributed by atoms with Gasteiger partial charge in [-0.3, -0.25) is 4.98 Å². The fraction of sp³-hybridized carbons (Fsp3) is 0.350. The van der Waals surface area contributed by atoms with Gasteiger partial charge in [0.1, 0.15) is 0 Å². The molecule has 0 saturated carbocycles. The lowest BCUT2D eigenvalue weighted by molar-refractivity contribution is -0.137. The van der Waals surface area contributed by atoms with Gasteiger partial charge in [-0.25, -0.2) is 0 Å². The summed E-state index contributed by atoms with van der Waals surface area (Å²) in [4.78, 5) is 6.01. The fourth-order valence-electron chi connectivity index (χ4n) is 3.23. The Labute approximate surface area is 155 Å². The number of hydrogen-bond acceptors (Lipinski definition) is 4. The molecule has 2 aromatic rings. The minimum Gasteiger partial charge on any atom is -0.504 e. The van der Waals surface area contributed by atoms with Crippen molar-refractivity contribution in [3.05, 3.63) is 65.1 Å². The highest BCUT2D eigenvalue weighted by molar-refractivity contribution is 5.46. The Balaban J connectivity index is 1.52. The topological polar surface area (TPSA) is 56.6 Å². The summed E-state index contributed by atoms with van der Waals surface area (Å²) in [5.41, 5.74) is 2.81. The summed E-state index contributed by atoms with van der Waals surface area (Å²) >= 11 is 0. The molecule has 1 aliphatic heterocycles. The average Bonchev–Trinajstić information content (AvgIpc) is 2.62. The number of phenolic OH excluding ortho intramolecular Hbond substituents is 2. The number of aryl methyl sites for hydroxylation is 1. The molecule has 0 amide bonds. The minimum absolute atomic E-state index is 0.106. The molecule has 0 radical (unpaired) electrons. The van der Waals surface area contributed by atoms with Crippen molar-refractivity contribution >= 4 is 0 Å². The van der Waals surface area contributed by atoms with Crippen LogP contribution in [0.2, 0.25) is 0 Å². The summed E-state index contributed by atoms with van der Waals surface area (Å²) < 4.78 is 37.6. The minimum atomic E-state index is -4.37. The van der Waals surface area contributed by atoms with Gasteiger partial charge in [-0.1, -0.05) is 6.58 Å². The second kappa shape index (κ2) is 7.50. The van der Waals surface area contributed by atoms with E-state index in [1.165, 1.54) is 6.07 Å². The van der Waals surface area contributed by atoms with Crippen molar-refractivity contribution < 1.29 is 23.4 Å². The second-order valence-electron chi connectivity index (χ2n) is 6.74. The number of aromatic hydroxyl groups is 2. The molecule has 1 aromatic carbocycles. The summed E-state index contributed by atoms with van der Waals surface area (Å²) in [5.74, 6) is -0.236. The number of alkyl halides is 3. The maximum absolute atomic E-state index is 12.5. The van der Waals surface area contributed by atoms with Gasteiger partial charge >= 0.3 is 6.18 Å². The predicted molar refractivity (Wildman–Crippen MR) is 95.2 cm³/mol. The molecule has 3 rings (SSSR count). The average molecular weight is 378 g/mol. The summed E-state index contributed by atoms with van der Waals surface area (Å²) in [7, 11) is 0. The molecule has 0 atom stereocenters. The van der Waals surface area contributed by atoms with E-state index < -0.39 is 11.7 Å². The quantitative estimate of drug-likeness (QED) is 0.757. The Morgan fingerprint density at radius 2 is 1.85 bits per heavy atom. The molecule has 144 valence electrons. The molecule has 7 heteroatoms. The largest absolute Gasteiger partial charge is 0.504 e. The van der Waals surface area contributed by atoms with Gasteiger partial charge in [0.05, 0.1) is 5.56 Å². The van der Waals surface area contributed by atoms with Crippen LogP contribution in [0.15, 0.2) is 42.7 Å². The first-order valence-electron chi connectivity index (χ1n) is 8.72. The van der Waals surface area contributed by atoms with Crippen LogP contribution in [-0.2, 0) is 25.6 Å². The van der Waals surface area contributed by atoms with Crippen LogP contribution in [0.4, 0.5) is 13.2 Å². The van der Waals surface area contributed by atoms with Gasteiger partial charge in [-0.2, -0.15) is 13.2 Å². The maximum atomic E-state index is 12.5. The first-order chi connectivity index (χ1) is 12.7. The van der Waals surface area contributed by atoms with E-state index in [2.05, 4.69) is 16.5 Å². The van der Waals surface area contributed by atoms with Crippen LogP contribution in [0, 0.1) is 0 Å². The van der Waals surface area contributed by atoms with E-state index in [0.29, 0.717) is 25.1 Å². The molecule has 0 unspecified atom stereocenters. The van der Waals surface area contributed by atoms with Crippen LogP contribution in [-0.4, -0.2) is 26.6 Å². The highest BCUT2D eigenvalue weighted by Crippen LogP contribution is 2.33. The zero-order valence-corrected chi connectivity index (χ0v) is 14.8. The van der Waals surface area contributed by atoms with E-state index >= 15 is 0 Å². The summed E-state index contributed by atoms with van der Waals surface area (Å²) in [6.45, 7) is 5.50. The molecule has 0 saturated heterocycles. The fourth-order valence-corrected chi connectivity index (χ4v) is 3.23. The third-order valence-corrected chi connectivity index (χ3v) is 4.81. The lowest BCUT2D eigenvalue weighted by atomic mass is 9.98. The number of phenols is 2. The van der Waals surface area contributed by atoms with Gasteiger partial charge in [0.25, 0.3) is 0 Å². The number of hydrogen-bond donors (Lipinski definition) is 2. The molecule has 2 N–H and O–H groups in total. The van der Waals surface area contributed by atoms with E-state index in [-0.39, 0.29) is 11.5 Å². The van der Waals surface area contributed by atoms with Gasteiger partial charge < -0.3 is 15.1 Å². The van der Waals surface area contributed by atoms with Gasteiger partial charge in [-0.05, 0) is 61.1 Å². The summed E-state index contributed by atoms with van der Waals surface area (Å²) in [6, 6.07) is 5.65. The Bertz CT molecular complexity index is 832. The van der Waals surface area contributed by atoms with Crippen molar-refractivity contribution in [3.8, 4) is 11.5 Å². The number of nitrogens with zero attached hydrogens (tertiary/aromatic N) is 2. The molecular formula is C20H21F3N2O2. The second-order valence-corrected chi connectivity index (χ2v) is 6.74. The van der Waals surface area contributed by atoms with E-state index in [4.69, 9.17) is 0 Å². The van der Waals surface area contributed by atoms with Crippen molar-refractivity contribution in [1.82, 2.24) is 9.88 Å². The Kier molecular flexibility index (Phi) is 5.30. The van der Waals surface area contributed by atoms with Crippen molar-refractivity contribution in [2.24, 2.45) is 0 Å². The third kappa shape index (κ3) is 4.53. The number of aromatic nitrogens is 1. The van der Waals surface area contributed by atoms with Gasteiger partial charge in [0.15, 0.2) is 11.5 Å². The number of benzene rings is 1. The molecule has 0 fully saturated rings. The first-order valence-corrected chi connectivity index (χ1v) is 8.72. The number of rotatable bonds is 5. The molecule has 0 bridgehead atoms. The molecule has 0 aliphatic carbocycles. The Hall–Kier alpha value is -2.70. The number of fused-ring (bicyclic) bond motifs is 1. The van der Waals surface area contributed by atoms with Gasteiger partial charge in [0.2, 0.25) is 0 Å². The molecular weight excluding hydrogens is 357 g/mol. The van der Waals surface area contributed by atoms with Crippen LogP contribution in [0.3, 0.4) is 0 Å². The third-order valence-electron chi connectivity index (χ3n) is 4.81. The molecule has 1 aliphatic rings. The van der Waals surface area contributed by atoms with Crippen LogP contribution < -0.4 is 0 Å². The van der Waals surface area contributed by atoms with Crippen LogP contribution in [0.25, 0.3) is 0 Å². The SMILES string of the molecule is C=C(CCCc1ccc(C(F)(F)F)cn1)N1CCc2cc(O)c(O)cc2C1. The van der Waals surface area contributed by atoms with E-state index in [1.54, 1.807) is 12.1 Å².